The fraction of sp³-hybridized carbons (Fsp3) is 0.625. The monoisotopic (exact) mass is 383 g/mol. The van der Waals surface area contributed by atoms with E-state index < -0.39 is 0 Å². The molecular weight excluding hydrogens is 346 g/mol. The molecule has 0 saturated carbocycles. The maximum atomic E-state index is 12.5. The van der Waals surface area contributed by atoms with Crippen molar-refractivity contribution in [3.63, 3.8) is 0 Å². The van der Waals surface area contributed by atoms with E-state index in [4.69, 9.17) is 0 Å². The highest BCUT2D eigenvalue weighted by atomic mass is 16.1. The smallest absolute Gasteiger partial charge is 0.224 e. The average Bonchev–Trinajstić information content (AvgIpc) is 2.73. The summed E-state index contributed by atoms with van der Waals surface area (Å²) in [5.74, 6) is 1.08. The van der Waals surface area contributed by atoms with Crippen LogP contribution in [0.3, 0.4) is 0 Å². The Hall–Kier alpha value is -1.65. The van der Waals surface area contributed by atoms with Crippen molar-refractivity contribution in [2.24, 2.45) is 11.8 Å². The van der Waals surface area contributed by atoms with Crippen molar-refractivity contribution in [1.82, 2.24) is 15.1 Å². The van der Waals surface area contributed by atoms with Crippen LogP contribution in [0.25, 0.3) is 5.57 Å². The predicted octanol–water partition coefficient (Wildman–Crippen LogP) is 3.65. The average molecular weight is 384 g/mol. The van der Waals surface area contributed by atoms with Crippen LogP contribution in [0.5, 0.6) is 0 Å². The summed E-state index contributed by atoms with van der Waals surface area (Å²) in [5.41, 5.74) is 2.78. The Balaban J connectivity index is 1.41. The second-order valence-electron chi connectivity index (χ2n) is 8.57. The summed E-state index contributed by atoms with van der Waals surface area (Å²) in [7, 11) is 2.12. The summed E-state index contributed by atoms with van der Waals surface area (Å²) in [6.45, 7) is 8.38. The Labute approximate surface area is 171 Å². The first-order valence-electron chi connectivity index (χ1n) is 11.1. The van der Waals surface area contributed by atoms with E-state index in [-0.39, 0.29) is 11.8 Å². The molecule has 4 heteroatoms. The fourth-order valence-electron chi connectivity index (χ4n) is 4.53. The van der Waals surface area contributed by atoms with Crippen molar-refractivity contribution in [2.75, 3.05) is 46.3 Å². The molecule has 0 radical (unpaired) electrons. The molecule has 0 aliphatic carbocycles. The molecule has 2 heterocycles. The zero-order chi connectivity index (χ0) is 19.8. The number of nitrogens with zero attached hydrogens (tertiary/aromatic N) is 2. The van der Waals surface area contributed by atoms with Gasteiger partial charge in [0.1, 0.15) is 0 Å². The molecule has 0 spiro atoms. The number of benzene rings is 1. The molecule has 154 valence electrons. The second kappa shape index (κ2) is 10.8. The first-order chi connectivity index (χ1) is 13.7. The summed E-state index contributed by atoms with van der Waals surface area (Å²) < 4.78 is 0. The van der Waals surface area contributed by atoms with Gasteiger partial charge in [-0.2, -0.15) is 0 Å². The summed E-state index contributed by atoms with van der Waals surface area (Å²) >= 11 is 0. The maximum Gasteiger partial charge on any atom is 0.224 e. The van der Waals surface area contributed by atoms with Crippen molar-refractivity contribution in [2.45, 2.75) is 39.0 Å². The summed E-state index contributed by atoms with van der Waals surface area (Å²) in [5, 5.41) is 3.25. The highest BCUT2D eigenvalue weighted by Crippen LogP contribution is 2.22. The van der Waals surface area contributed by atoms with Gasteiger partial charge < -0.3 is 10.2 Å². The molecule has 2 saturated heterocycles. The second-order valence-corrected chi connectivity index (χ2v) is 8.57. The minimum atomic E-state index is 0.187. The largest absolute Gasteiger partial charge is 0.356 e. The predicted molar refractivity (Wildman–Crippen MR) is 117 cm³/mol. The van der Waals surface area contributed by atoms with Crippen molar-refractivity contribution >= 4 is 11.5 Å². The van der Waals surface area contributed by atoms with Crippen LogP contribution in [0, 0.1) is 11.8 Å². The molecule has 2 aliphatic heterocycles. The van der Waals surface area contributed by atoms with E-state index in [1.807, 2.05) is 0 Å². The van der Waals surface area contributed by atoms with Crippen LogP contribution in [0.2, 0.25) is 0 Å². The van der Waals surface area contributed by atoms with Crippen LogP contribution in [0.15, 0.2) is 36.4 Å². The number of nitrogens with one attached hydrogen (secondary N) is 1. The number of rotatable bonds is 7. The van der Waals surface area contributed by atoms with E-state index in [2.05, 4.69) is 65.5 Å². The van der Waals surface area contributed by atoms with Gasteiger partial charge in [-0.3, -0.25) is 9.69 Å². The van der Waals surface area contributed by atoms with E-state index in [9.17, 15) is 4.79 Å². The van der Waals surface area contributed by atoms with E-state index in [1.165, 1.54) is 24.0 Å². The van der Waals surface area contributed by atoms with Crippen molar-refractivity contribution in [3.05, 3.63) is 42.0 Å². The van der Waals surface area contributed by atoms with Crippen LogP contribution < -0.4 is 5.32 Å². The number of allylic oxidation sites excluding steroid dienone is 1. The Morgan fingerprint density at radius 1 is 1.14 bits per heavy atom. The molecule has 2 aliphatic rings. The molecule has 2 fully saturated rings. The van der Waals surface area contributed by atoms with Gasteiger partial charge in [-0.25, -0.2) is 0 Å². The summed E-state index contributed by atoms with van der Waals surface area (Å²) in [6.07, 6.45) is 7.98. The number of hydrogen-bond acceptors (Lipinski definition) is 3. The molecule has 3 rings (SSSR count). The molecule has 1 atom stereocenters. The molecule has 0 bridgehead atoms. The van der Waals surface area contributed by atoms with Gasteiger partial charge in [0.15, 0.2) is 0 Å². The fourth-order valence-corrected chi connectivity index (χ4v) is 4.53. The lowest BCUT2D eigenvalue weighted by Gasteiger charge is -2.33. The minimum absolute atomic E-state index is 0.187. The van der Waals surface area contributed by atoms with Gasteiger partial charge in [-0.1, -0.05) is 43.3 Å². The molecular formula is C24H37N3O. The van der Waals surface area contributed by atoms with Crippen LogP contribution >= 0.6 is 0 Å². The third kappa shape index (κ3) is 6.18. The van der Waals surface area contributed by atoms with Gasteiger partial charge in [-0.05, 0) is 75.8 Å². The topological polar surface area (TPSA) is 35.6 Å². The molecule has 4 nitrogen and oxygen atoms in total. The SMILES string of the molecule is CCC=C(CN1CCC(CNC(=O)C2CCCN(C)C2)CC1)c1ccccc1. The maximum absolute atomic E-state index is 12.5. The molecule has 0 aromatic heterocycles. The standard InChI is InChI=1S/C24H37N3O/c1-3-8-22(21-9-5-4-6-10-21)19-27-15-12-20(13-16-27)17-25-24(28)23-11-7-14-26(2)18-23/h4-6,8-10,20,23H,3,7,11-19H2,1-2H3,(H,25,28). The number of hydrogen-bond donors (Lipinski definition) is 1. The van der Waals surface area contributed by atoms with Gasteiger partial charge in [0.05, 0.1) is 5.92 Å². The lowest BCUT2D eigenvalue weighted by molar-refractivity contribution is -0.126. The normalized spacial score (nSPS) is 22.9. The van der Waals surface area contributed by atoms with Crippen LogP contribution in [0.4, 0.5) is 0 Å². The van der Waals surface area contributed by atoms with Gasteiger partial charge in [-0.15, -0.1) is 0 Å². The number of likely N-dealkylation sites (tertiary alicyclic amines) is 2. The first-order valence-corrected chi connectivity index (χ1v) is 11.1. The van der Waals surface area contributed by atoms with E-state index >= 15 is 0 Å². The highest BCUT2D eigenvalue weighted by molar-refractivity contribution is 5.79. The molecule has 1 aromatic rings. The van der Waals surface area contributed by atoms with E-state index in [0.29, 0.717) is 5.92 Å². The van der Waals surface area contributed by atoms with Crippen molar-refractivity contribution in [1.29, 1.82) is 0 Å². The van der Waals surface area contributed by atoms with Crippen LogP contribution in [0.1, 0.15) is 44.6 Å². The Morgan fingerprint density at radius 3 is 2.57 bits per heavy atom. The third-order valence-corrected chi connectivity index (χ3v) is 6.26. The zero-order valence-corrected chi connectivity index (χ0v) is 17.7. The third-order valence-electron chi connectivity index (χ3n) is 6.26. The van der Waals surface area contributed by atoms with Crippen molar-refractivity contribution in [3.8, 4) is 0 Å². The molecule has 1 amide bonds. The zero-order valence-electron chi connectivity index (χ0n) is 17.7. The molecule has 1 aromatic carbocycles. The highest BCUT2D eigenvalue weighted by Gasteiger charge is 2.25. The lowest BCUT2D eigenvalue weighted by Crippen LogP contribution is -2.44. The number of piperidine rings is 2. The van der Waals surface area contributed by atoms with Crippen LogP contribution in [-0.2, 0) is 4.79 Å². The molecule has 1 N–H and O–H groups in total. The number of carbonyl (C=O) groups is 1. The first kappa shape index (κ1) is 21.1. The van der Waals surface area contributed by atoms with Gasteiger partial charge >= 0.3 is 0 Å². The summed E-state index contributed by atoms with van der Waals surface area (Å²) in [6, 6.07) is 10.8. The Morgan fingerprint density at radius 2 is 1.89 bits per heavy atom. The Bertz CT molecular complexity index is 635. The number of amides is 1. The Kier molecular flexibility index (Phi) is 8.11. The quantitative estimate of drug-likeness (QED) is 0.781. The van der Waals surface area contributed by atoms with E-state index in [0.717, 1.165) is 58.5 Å². The molecule has 1 unspecified atom stereocenters. The van der Waals surface area contributed by atoms with Gasteiger partial charge in [0, 0.05) is 19.6 Å². The van der Waals surface area contributed by atoms with E-state index in [1.54, 1.807) is 0 Å². The minimum Gasteiger partial charge on any atom is -0.356 e. The van der Waals surface area contributed by atoms with Gasteiger partial charge in [0.2, 0.25) is 5.91 Å². The van der Waals surface area contributed by atoms with Gasteiger partial charge in [0.25, 0.3) is 0 Å². The lowest BCUT2D eigenvalue weighted by atomic mass is 9.94. The van der Waals surface area contributed by atoms with Crippen molar-refractivity contribution < 1.29 is 4.79 Å². The molecule has 28 heavy (non-hydrogen) atoms. The van der Waals surface area contributed by atoms with Crippen LogP contribution in [-0.4, -0.2) is 62.0 Å². The number of carbonyl (C=O) groups excluding carboxylic acids is 1. The summed E-state index contributed by atoms with van der Waals surface area (Å²) in [4.78, 5) is 17.3.